The van der Waals surface area contributed by atoms with Gasteiger partial charge in [-0.15, -0.1) is 16.2 Å². The third-order valence-corrected chi connectivity index (χ3v) is 7.74. The highest BCUT2D eigenvalue weighted by Gasteiger charge is 2.33. The topological polar surface area (TPSA) is 129 Å². The van der Waals surface area contributed by atoms with Crippen molar-refractivity contribution in [3.63, 3.8) is 0 Å². The van der Waals surface area contributed by atoms with Gasteiger partial charge in [-0.25, -0.2) is 13.2 Å². The molecule has 1 amide bonds. The Bertz CT molecular complexity index is 1270. The number of carbonyl (C=O) groups is 2. The van der Waals surface area contributed by atoms with Crippen molar-refractivity contribution in [2.75, 3.05) is 34.9 Å². The molecule has 0 aliphatic carbocycles. The van der Waals surface area contributed by atoms with Gasteiger partial charge < -0.3 is 15.0 Å². The number of hydrogen-bond acceptors (Lipinski definition) is 9. The normalized spacial score (nSPS) is 15.7. The predicted octanol–water partition coefficient (Wildman–Crippen LogP) is 2.71. The largest absolute Gasteiger partial charge is 0.452 e. The van der Waals surface area contributed by atoms with Crippen LogP contribution in [0.5, 0.6) is 0 Å². The fraction of sp³-hybridized carbons (Fsp3) is 0.200. The summed E-state index contributed by atoms with van der Waals surface area (Å²) in [5.41, 5.74) is 1.57. The molecule has 12 heteroatoms. The molecule has 0 saturated heterocycles. The van der Waals surface area contributed by atoms with Gasteiger partial charge in [0.25, 0.3) is 15.9 Å². The second-order valence-corrected chi connectivity index (χ2v) is 10.4. The lowest BCUT2D eigenvalue weighted by Gasteiger charge is -2.22. The lowest BCUT2D eigenvalue weighted by atomic mass is 10.2. The predicted molar refractivity (Wildman–Crippen MR) is 123 cm³/mol. The van der Waals surface area contributed by atoms with Crippen LogP contribution in [0.3, 0.4) is 0 Å². The van der Waals surface area contributed by atoms with Crippen LogP contribution in [0.4, 0.5) is 11.4 Å². The van der Waals surface area contributed by atoms with Crippen molar-refractivity contribution in [2.24, 2.45) is 4.40 Å². The van der Waals surface area contributed by atoms with Crippen molar-refractivity contribution in [3.05, 3.63) is 48.0 Å². The van der Waals surface area contributed by atoms with Crippen molar-refractivity contribution in [1.29, 1.82) is 5.26 Å². The monoisotopic (exact) mass is 488 g/mol. The minimum atomic E-state index is -3.46. The Morgan fingerprint density at radius 1 is 1.28 bits per heavy atom. The zero-order valence-corrected chi connectivity index (χ0v) is 18.9. The Balaban J connectivity index is 1.38. The number of amides is 1. The number of rotatable bonds is 6. The summed E-state index contributed by atoms with van der Waals surface area (Å²) in [5, 5.41) is 11.8. The van der Waals surface area contributed by atoms with E-state index in [1.807, 2.05) is 6.07 Å². The number of nitrogens with one attached hydrogen (secondary N) is 1. The van der Waals surface area contributed by atoms with Crippen LogP contribution < -0.4 is 10.2 Å². The first-order valence-electron chi connectivity index (χ1n) is 9.34. The average Bonchev–Trinajstić information content (AvgIpc) is 3.12. The molecule has 2 aliphatic heterocycles. The van der Waals surface area contributed by atoms with Crippen LogP contribution in [0.2, 0.25) is 0 Å². The Hall–Kier alpha value is -3.01. The van der Waals surface area contributed by atoms with E-state index in [1.165, 1.54) is 23.5 Å². The first-order chi connectivity index (χ1) is 15.4. The number of nitrogens with zero attached hydrogens (tertiary/aromatic N) is 3. The number of sulfonamides is 1. The van der Waals surface area contributed by atoms with Crippen LogP contribution in [-0.4, -0.2) is 50.1 Å². The van der Waals surface area contributed by atoms with E-state index in [4.69, 9.17) is 10.00 Å². The number of esters is 1. The van der Waals surface area contributed by atoms with Gasteiger partial charge in [-0.05, 0) is 42.1 Å². The first-order valence-corrected chi connectivity index (χ1v) is 12.8. The van der Waals surface area contributed by atoms with Crippen molar-refractivity contribution in [2.45, 2.75) is 9.79 Å². The Morgan fingerprint density at radius 3 is 2.91 bits per heavy atom. The number of ether oxygens (including phenoxy) is 1. The smallest absolute Gasteiger partial charge is 0.338 e. The van der Waals surface area contributed by atoms with E-state index < -0.39 is 28.5 Å². The quantitative estimate of drug-likeness (QED) is 0.482. The molecule has 1 N–H and O–H groups in total. The molecular weight excluding hydrogens is 472 g/mol. The van der Waals surface area contributed by atoms with Crippen molar-refractivity contribution < 1.29 is 22.7 Å². The van der Waals surface area contributed by atoms with Crippen LogP contribution in [0, 0.1) is 11.3 Å². The summed E-state index contributed by atoms with van der Waals surface area (Å²) in [6.07, 6.45) is 0. The molecule has 2 aliphatic rings. The third-order valence-electron chi connectivity index (χ3n) is 4.50. The molecular formula is C20H16N4O5S3. The summed E-state index contributed by atoms with van der Waals surface area (Å²) in [4.78, 5) is 27.9. The molecule has 32 heavy (non-hydrogen) atoms. The second kappa shape index (κ2) is 9.23. The second-order valence-electron chi connectivity index (χ2n) is 6.66. The molecule has 0 bridgehead atoms. The fourth-order valence-corrected chi connectivity index (χ4v) is 6.03. The number of thioether (sulfide) groups is 2. The molecule has 0 unspecified atom stereocenters. The zero-order valence-electron chi connectivity index (χ0n) is 16.5. The molecule has 2 aromatic rings. The maximum absolute atomic E-state index is 12.4. The van der Waals surface area contributed by atoms with Crippen LogP contribution in [0.25, 0.3) is 0 Å². The highest BCUT2D eigenvalue weighted by Crippen LogP contribution is 2.42. The zero-order chi connectivity index (χ0) is 22.7. The van der Waals surface area contributed by atoms with Gasteiger partial charge in [0.1, 0.15) is 0 Å². The summed E-state index contributed by atoms with van der Waals surface area (Å²) in [6.45, 7) is -0.170. The number of fused-ring (bicyclic) bond motifs is 3. The lowest BCUT2D eigenvalue weighted by Crippen LogP contribution is -2.35. The Morgan fingerprint density at radius 2 is 2.09 bits per heavy atom. The molecule has 0 radical (unpaired) electrons. The molecule has 4 rings (SSSR count). The van der Waals surface area contributed by atoms with Gasteiger partial charge in [0.05, 0.1) is 34.5 Å². The van der Waals surface area contributed by atoms with Gasteiger partial charge in [0.15, 0.2) is 11.8 Å². The highest BCUT2D eigenvalue weighted by molar-refractivity contribution is 8.15. The van der Waals surface area contributed by atoms with Gasteiger partial charge in [-0.1, -0.05) is 12.1 Å². The number of anilines is 2. The van der Waals surface area contributed by atoms with Gasteiger partial charge in [-0.2, -0.15) is 5.26 Å². The standard InChI is InChI=1S/C20H16N4O5S3/c21-7-9-30-16-4-2-1-3-14(16)22-18(25)12-29-19(26)13-5-6-15-17(11-13)31-20-23-32(27,28)10-8-24(15)20/h1-6,11H,8-10,12H2,(H,22,25). The van der Waals surface area contributed by atoms with E-state index in [0.29, 0.717) is 22.3 Å². The van der Waals surface area contributed by atoms with Crippen LogP contribution in [-0.2, 0) is 19.6 Å². The minimum Gasteiger partial charge on any atom is -0.452 e. The average molecular weight is 489 g/mol. The number of para-hydroxylation sites is 1. The van der Waals surface area contributed by atoms with E-state index in [-0.39, 0.29) is 17.1 Å². The van der Waals surface area contributed by atoms with Crippen LogP contribution >= 0.6 is 23.5 Å². The maximum Gasteiger partial charge on any atom is 0.338 e. The van der Waals surface area contributed by atoms with E-state index in [1.54, 1.807) is 47.4 Å². The summed E-state index contributed by atoms with van der Waals surface area (Å²) < 4.78 is 32.3. The van der Waals surface area contributed by atoms with Gasteiger partial charge in [-0.3, -0.25) is 4.79 Å². The third kappa shape index (κ3) is 4.90. The summed E-state index contributed by atoms with van der Waals surface area (Å²) in [6, 6.07) is 14.0. The number of benzene rings is 2. The summed E-state index contributed by atoms with van der Waals surface area (Å²) in [5.74, 6) is -0.993. The Kier molecular flexibility index (Phi) is 6.40. The van der Waals surface area contributed by atoms with Gasteiger partial charge in [0.2, 0.25) is 0 Å². The number of carbonyl (C=O) groups excluding carboxylic acids is 2. The first kappa shape index (κ1) is 22.2. The van der Waals surface area contributed by atoms with Gasteiger partial charge >= 0.3 is 5.97 Å². The molecule has 0 atom stereocenters. The SMILES string of the molecule is N#CCSc1ccccc1NC(=O)COC(=O)c1ccc2c(c1)SC1=NS(=O)(=O)CCN12. The van der Waals surface area contributed by atoms with E-state index in [9.17, 15) is 18.0 Å². The molecule has 0 fully saturated rings. The summed E-state index contributed by atoms with van der Waals surface area (Å²) >= 11 is 2.47. The lowest BCUT2D eigenvalue weighted by molar-refractivity contribution is -0.119. The molecule has 0 spiro atoms. The van der Waals surface area contributed by atoms with E-state index in [2.05, 4.69) is 9.71 Å². The molecule has 164 valence electrons. The van der Waals surface area contributed by atoms with Crippen LogP contribution in [0.1, 0.15) is 10.4 Å². The molecule has 0 saturated carbocycles. The highest BCUT2D eigenvalue weighted by atomic mass is 32.2. The number of nitriles is 1. The molecule has 2 heterocycles. The molecule has 2 aromatic carbocycles. The molecule has 0 aromatic heterocycles. The van der Waals surface area contributed by atoms with Gasteiger partial charge in [0, 0.05) is 16.3 Å². The van der Waals surface area contributed by atoms with Crippen molar-refractivity contribution in [1.82, 2.24) is 0 Å². The summed E-state index contributed by atoms with van der Waals surface area (Å²) in [7, 11) is -3.46. The Labute approximate surface area is 192 Å². The minimum absolute atomic E-state index is 0.0620. The number of hydrogen-bond donors (Lipinski definition) is 1. The van der Waals surface area contributed by atoms with E-state index in [0.717, 1.165) is 10.6 Å². The van der Waals surface area contributed by atoms with Crippen LogP contribution in [0.15, 0.2) is 56.7 Å². The maximum atomic E-state index is 12.4. The molecule has 9 nitrogen and oxygen atoms in total. The van der Waals surface area contributed by atoms with Crippen molar-refractivity contribution in [3.8, 4) is 6.07 Å². The fourth-order valence-electron chi connectivity index (χ4n) is 3.06. The van der Waals surface area contributed by atoms with E-state index >= 15 is 0 Å². The van der Waals surface area contributed by atoms with Crippen molar-refractivity contribution >= 4 is 62.0 Å². The number of amidine groups is 1.